The van der Waals surface area contributed by atoms with Gasteiger partial charge in [-0.25, -0.2) is 4.98 Å². The van der Waals surface area contributed by atoms with E-state index < -0.39 is 0 Å². The predicted octanol–water partition coefficient (Wildman–Crippen LogP) is 2.94. The monoisotopic (exact) mass is 308 g/mol. The van der Waals surface area contributed by atoms with Crippen molar-refractivity contribution in [2.75, 3.05) is 0 Å². The largest absolute Gasteiger partial charge is 0.309 e. The first-order chi connectivity index (χ1) is 9.49. The maximum Gasteiger partial charge on any atom is 0.279 e. The lowest BCUT2D eigenvalue weighted by Crippen LogP contribution is -2.09. The third-order valence-electron chi connectivity index (χ3n) is 3.01. The molecule has 0 aliphatic carbocycles. The average molecular weight is 309 g/mol. The van der Waals surface area contributed by atoms with Gasteiger partial charge in [-0.1, -0.05) is 29.3 Å². The van der Waals surface area contributed by atoms with Crippen molar-refractivity contribution >= 4 is 34.2 Å². The average Bonchev–Trinajstić information content (AvgIpc) is 2.67. The Morgan fingerprint density at radius 1 is 1.20 bits per heavy atom. The SMILES string of the molecule is Cc1nc2c(-c3c(Cl)cccc3Cl)n(C)nc2c(=O)[nH]1. The number of halogens is 2. The van der Waals surface area contributed by atoms with Crippen LogP contribution in [0.1, 0.15) is 5.82 Å². The first kappa shape index (κ1) is 13.1. The second-order valence-electron chi connectivity index (χ2n) is 4.42. The van der Waals surface area contributed by atoms with Crippen molar-refractivity contribution in [3.63, 3.8) is 0 Å². The molecule has 102 valence electrons. The van der Waals surface area contributed by atoms with E-state index in [1.807, 2.05) is 0 Å². The number of hydrogen-bond donors (Lipinski definition) is 1. The zero-order valence-corrected chi connectivity index (χ0v) is 12.2. The topological polar surface area (TPSA) is 63.6 Å². The van der Waals surface area contributed by atoms with Crippen LogP contribution in [0.15, 0.2) is 23.0 Å². The van der Waals surface area contributed by atoms with Crippen LogP contribution in [0, 0.1) is 6.92 Å². The lowest BCUT2D eigenvalue weighted by Gasteiger charge is -2.07. The van der Waals surface area contributed by atoms with Crippen molar-refractivity contribution in [2.45, 2.75) is 6.92 Å². The molecule has 3 rings (SSSR count). The van der Waals surface area contributed by atoms with E-state index >= 15 is 0 Å². The Bertz CT molecular complexity index is 862. The van der Waals surface area contributed by atoms with Gasteiger partial charge in [-0.05, 0) is 19.1 Å². The second-order valence-corrected chi connectivity index (χ2v) is 5.23. The van der Waals surface area contributed by atoms with Gasteiger partial charge in [0.15, 0.2) is 5.52 Å². The minimum Gasteiger partial charge on any atom is -0.309 e. The van der Waals surface area contributed by atoms with Crippen LogP contribution in [0.25, 0.3) is 22.3 Å². The molecule has 0 aliphatic heterocycles. The molecule has 2 aromatic heterocycles. The van der Waals surface area contributed by atoms with E-state index in [4.69, 9.17) is 23.2 Å². The van der Waals surface area contributed by atoms with Crippen LogP contribution in [0.2, 0.25) is 10.0 Å². The second kappa shape index (κ2) is 4.61. The number of aryl methyl sites for hydroxylation is 2. The van der Waals surface area contributed by atoms with E-state index in [2.05, 4.69) is 15.1 Å². The van der Waals surface area contributed by atoms with Crippen molar-refractivity contribution in [2.24, 2.45) is 7.05 Å². The summed E-state index contributed by atoms with van der Waals surface area (Å²) in [7, 11) is 1.73. The molecule has 0 spiro atoms. The van der Waals surface area contributed by atoms with E-state index in [0.29, 0.717) is 32.6 Å². The molecule has 0 atom stereocenters. The van der Waals surface area contributed by atoms with E-state index in [-0.39, 0.29) is 11.1 Å². The number of hydrogen-bond acceptors (Lipinski definition) is 3. The molecule has 0 fully saturated rings. The molecular weight excluding hydrogens is 299 g/mol. The predicted molar refractivity (Wildman–Crippen MR) is 79.3 cm³/mol. The minimum atomic E-state index is -0.280. The van der Waals surface area contributed by atoms with Crippen LogP contribution < -0.4 is 5.56 Å². The maximum absolute atomic E-state index is 11.9. The van der Waals surface area contributed by atoms with Gasteiger partial charge in [-0.2, -0.15) is 5.10 Å². The molecule has 0 bridgehead atoms. The molecule has 1 aromatic carbocycles. The summed E-state index contributed by atoms with van der Waals surface area (Å²) in [6, 6.07) is 5.24. The molecule has 2 heterocycles. The summed E-state index contributed by atoms with van der Waals surface area (Å²) in [6.45, 7) is 1.71. The van der Waals surface area contributed by atoms with Crippen molar-refractivity contribution in [3.05, 3.63) is 44.4 Å². The molecule has 1 N–H and O–H groups in total. The maximum atomic E-state index is 11.9. The number of H-pyrrole nitrogens is 1. The molecule has 0 unspecified atom stereocenters. The van der Waals surface area contributed by atoms with Gasteiger partial charge in [-0.3, -0.25) is 9.48 Å². The molecule has 0 radical (unpaired) electrons. The quantitative estimate of drug-likeness (QED) is 0.751. The number of aromatic amines is 1. The van der Waals surface area contributed by atoms with Crippen molar-refractivity contribution in [3.8, 4) is 11.3 Å². The summed E-state index contributed by atoms with van der Waals surface area (Å²) in [4.78, 5) is 18.9. The van der Waals surface area contributed by atoms with E-state index in [1.54, 1.807) is 36.9 Å². The molecule has 0 aliphatic rings. The fourth-order valence-electron chi connectivity index (χ4n) is 2.20. The standard InChI is InChI=1S/C13H10Cl2N4O/c1-6-16-10-11(13(20)17-6)18-19(2)12(10)9-7(14)4-3-5-8(9)15/h3-5H,1-2H3,(H,16,17,20). The molecule has 5 nitrogen and oxygen atoms in total. The third kappa shape index (κ3) is 1.90. The Balaban J connectivity index is 2.49. The molecule has 7 heteroatoms. The highest BCUT2D eigenvalue weighted by Crippen LogP contribution is 2.36. The number of benzene rings is 1. The first-order valence-corrected chi connectivity index (χ1v) is 6.62. The molecule has 20 heavy (non-hydrogen) atoms. The van der Waals surface area contributed by atoms with Crippen LogP contribution in [0.3, 0.4) is 0 Å². The normalized spacial score (nSPS) is 11.2. The van der Waals surface area contributed by atoms with E-state index in [9.17, 15) is 4.79 Å². The fourth-order valence-corrected chi connectivity index (χ4v) is 2.77. The fraction of sp³-hybridized carbons (Fsp3) is 0.154. The Kier molecular flexibility index (Phi) is 3.03. The number of fused-ring (bicyclic) bond motifs is 1. The minimum absolute atomic E-state index is 0.268. The van der Waals surface area contributed by atoms with Crippen molar-refractivity contribution < 1.29 is 0 Å². The Labute approximate surface area is 124 Å². The summed E-state index contributed by atoms with van der Waals surface area (Å²) in [5.41, 5.74) is 1.73. The van der Waals surface area contributed by atoms with Crippen LogP contribution in [0.5, 0.6) is 0 Å². The highest BCUT2D eigenvalue weighted by molar-refractivity contribution is 6.39. The summed E-state index contributed by atoms with van der Waals surface area (Å²) >= 11 is 12.5. The van der Waals surface area contributed by atoms with Crippen molar-refractivity contribution in [1.82, 2.24) is 19.7 Å². The van der Waals surface area contributed by atoms with Crippen LogP contribution in [-0.2, 0) is 7.05 Å². The third-order valence-corrected chi connectivity index (χ3v) is 3.64. The number of nitrogens with one attached hydrogen (secondary N) is 1. The van der Waals surface area contributed by atoms with Gasteiger partial charge in [-0.15, -0.1) is 0 Å². The summed E-state index contributed by atoms with van der Waals surface area (Å²) in [6.07, 6.45) is 0. The van der Waals surface area contributed by atoms with Gasteiger partial charge in [0.25, 0.3) is 5.56 Å². The van der Waals surface area contributed by atoms with Crippen LogP contribution in [-0.4, -0.2) is 19.7 Å². The van der Waals surface area contributed by atoms with Gasteiger partial charge in [0.1, 0.15) is 11.3 Å². The number of aromatic nitrogens is 4. The summed E-state index contributed by atoms with van der Waals surface area (Å²) in [5, 5.41) is 5.18. The Morgan fingerprint density at radius 3 is 2.50 bits per heavy atom. The lowest BCUT2D eigenvalue weighted by atomic mass is 10.1. The molecule has 0 saturated heterocycles. The highest BCUT2D eigenvalue weighted by atomic mass is 35.5. The molecule has 0 amide bonds. The van der Waals surface area contributed by atoms with Gasteiger partial charge < -0.3 is 4.98 Å². The first-order valence-electron chi connectivity index (χ1n) is 5.87. The molecule has 3 aromatic rings. The zero-order chi connectivity index (χ0) is 14.4. The Morgan fingerprint density at radius 2 is 1.85 bits per heavy atom. The van der Waals surface area contributed by atoms with Gasteiger partial charge >= 0.3 is 0 Å². The zero-order valence-electron chi connectivity index (χ0n) is 10.7. The molecular formula is C13H10Cl2N4O. The Hall–Kier alpha value is -1.85. The molecule has 0 saturated carbocycles. The number of rotatable bonds is 1. The van der Waals surface area contributed by atoms with E-state index in [0.717, 1.165) is 0 Å². The number of nitrogens with zero attached hydrogens (tertiary/aromatic N) is 3. The van der Waals surface area contributed by atoms with Gasteiger partial charge in [0, 0.05) is 12.6 Å². The van der Waals surface area contributed by atoms with E-state index in [1.165, 1.54) is 0 Å². The van der Waals surface area contributed by atoms with Gasteiger partial charge in [0.2, 0.25) is 0 Å². The van der Waals surface area contributed by atoms with Crippen LogP contribution >= 0.6 is 23.2 Å². The highest BCUT2D eigenvalue weighted by Gasteiger charge is 2.19. The summed E-state index contributed by atoms with van der Waals surface area (Å²) in [5.74, 6) is 0.514. The van der Waals surface area contributed by atoms with Crippen molar-refractivity contribution in [1.29, 1.82) is 0 Å². The summed E-state index contributed by atoms with van der Waals surface area (Å²) < 4.78 is 1.57. The van der Waals surface area contributed by atoms with Gasteiger partial charge in [0.05, 0.1) is 15.7 Å². The smallest absolute Gasteiger partial charge is 0.279 e. The lowest BCUT2D eigenvalue weighted by molar-refractivity contribution is 0.786. The van der Waals surface area contributed by atoms with Crippen LogP contribution in [0.4, 0.5) is 0 Å².